The summed E-state index contributed by atoms with van der Waals surface area (Å²) < 4.78 is 24.9. The number of amides is 1. The van der Waals surface area contributed by atoms with Crippen LogP contribution in [0.15, 0.2) is 58.5 Å². The third kappa shape index (κ3) is 2.42. The molecule has 0 saturated carbocycles. The summed E-state index contributed by atoms with van der Waals surface area (Å²) in [5.41, 5.74) is 1.79. The number of fused-ring (bicyclic) bond motifs is 3. The van der Waals surface area contributed by atoms with Crippen LogP contribution in [0.4, 0.5) is 5.69 Å². The average molecular weight is 361 g/mol. The number of sulfone groups is 1. The Morgan fingerprint density at radius 1 is 1.12 bits per heavy atom. The molecule has 2 aromatic carbocycles. The van der Waals surface area contributed by atoms with Crippen molar-refractivity contribution in [1.82, 2.24) is 0 Å². The zero-order chi connectivity index (χ0) is 16.9. The van der Waals surface area contributed by atoms with Crippen LogP contribution >= 0.6 is 11.6 Å². The number of hydrogen-bond acceptors (Lipinski definition) is 4. The van der Waals surface area contributed by atoms with Crippen LogP contribution in [0.2, 0.25) is 5.02 Å². The van der Waals surface area contributed by atoms with E-state index in [4.69, 9.17) is 11.6 Å². The highest BCUT2D eigenvalue weighted by atomic mass is 35.5. The normalized spacial score (nSPS) is 21.7. The monoisotopic (exact) mass is 360 g/mol. The van der Waals surface area contributed by atoms with Gasteiger partial charge in [-0.3, -0.25) is 4.79 Å². The van der Waals surface area contributed by atoms with Gasteiger partial charge in [0.05, 0.1) is 22.0 Å². The lowest BCUT2D eigenvalue weighted by molar-refractivity contribution is -0.119. The molecular formula is C17H13ClN2O3S. The molecule has 0 spiro atoms. The Balaban J connectivity index is 1.88. The fourth-order valence-corrected chi connectivity index (χ4v) is 5.13. The van der Waals surface area contributed by atoms with E-state index in [0.29, 0.717) is 22.0 Å². The van der Waals surface area contributed by atoms with Crippen LogP contribution in [0, 0.1) is 5.92 Å². The number of hydrogen-bond donors (Lipinski definition) is 0. The van der Waals surface area contributed by atoms with Gasteiger partial charge in [0.25, 0.3) is 0 Å². The molecule has 1 unspecified atom stereocenters. The van der Waals surface area contributed by atoms with Gasteiger partial charge >= 0.3 is 0 Å². The number of benzene rings is 2. The molecule has 2 aromatic rings. The summed E-state index contributed by atoms with van der Waals surface area (Å²) >= 11 is 6.00. The van der Waals surface area contributed by atoms with Crippen LogP contribution in [0.25, 0.3) is 0 Å². The fraction of sp³-hybridized carbons (Fsp3) is 0.176. The lowest BCUT2D eigenvalue weighted by Gasteiger charge is -2.33. The predicted molar refractivity (Wildman–Crippen MR) is 92.1 cm³/mol. The molecule has 1 amide bonds. The molecule has 24 heavy (non-hydrogen) atoms. The summed E-state index contributed by atoms with van der Waals surface area (Å²) in [5, 5.41) is 6.30. The van der Waals surface area contributed by atoms with Gasteiger partial charge in [0.15, 0.2) is 9.84 Å². The Kier molecular flexibility index (Phi) is 3.47. The second-order valence-corrected chi connectivity index (χ2v) is 8.29. The maximum atomic E-state index is 12.5. The summed E-state index contributed by atoms with van der Waals surface area (Å²) in [6, 6.07) is 13.7. The van der Waals surface area contributed by atoms with Crippen molar-refractivity contribution in [3.63, 3.8) is 0 Å². The first kappa shape index (κ1) is 15.4. The Bertz CT molecular complexity index is 985. The minimum atomic E-state index is -3.40. The molecule has 2 heterocycles. The van der Waals surface area contributed by atoms with Crippen LogP contribution in [0.5, 0.6) is 0 Å². The van der Waals surface area contributed by atoms with Gasteiger partial charge in [-0.1, -0.05) is 35.9 Å². The van der Waals surface area contributed by atoms with Gasteiger partial charge < -0.3 is 0 Å². The number of nitrogens with zero attached hydrogens (tertiary/aromatic N) is 2. The van der Waals surface area contributed by atoms with Gasteiger partial charge in [-0.25, -0.2) is 13.4 Å². The first-order valence-corrected chi connectivity index (χ1v) is 9.48. The maximum absolute atomic E-state index is 12.5. The molecule has 4 rings (SSSR count). The van der Waals surface area contributed by atoms with E-state index in [9.17, 15) is 13.2 Å². The third-order valence-electron chi connectivity index (χ3n) is 4.22. The lowest BCUT2D eigenvalue weighted by atomic mass is 9.93. The summed E-state index contributed by atoms with van der Waals surface area (Å²) in [7, 11) is -3.40. The van der Waals surface area contributed by atoms with Crippen molar-refractivity contribution >= 4 is 38.7 Å². The van der Waals surface area contributed by atoms with Crippen LogP contribution in [-0.2, 0) is 14.6 Å². The largest absolute Gasteiger partial charge is 0.273 e. The van der Waals surface area contributed by atoms with Crippen LogP contribution < -0.4 is 5.01 Å². The predicted octanol–water partition coefficient (Wildman–Crippen LogP) is 2.88. The number of hydrazone groups is 1. The molecule has 1 atom stereocenters. The van der Waals surface area contributed by atoms with Gasteiger partial charge in [0.1, 0.15) is 0 Å². The smallest absolute Gasteiger partial charge is 0.248 e. The van der Waals surface area contributed by atoms with E-state index >= 15 is 0 Å². The number of carbonyl (C=O) groups excluding carboxylic acids is 1. The number of carbonyl (C=O) groups is 1. The minimum absolute atomic E-state index is 0.0853. The van der Waals surface area contributed by atoms with Crippen molar-refractivity contribution in [3.8, 4) is 0 Å². The molecule has 0 bridgehead atoms. The summed E-state index contributed by atoms with van der Waals surface area (Å²) in [4.78, 5) is 12.7. The number of rotatable bonds is 1. The second kappa shape index (κ2) is 5.43. The van der Waals surface area contributed by atoms with E-state index in [1.165, 1.54) is 5.01 Å². The van der Waals surface area contributed by atoms with E-state index in [-0.39, 0.29) is 23.0 Å². The molecule has 2 aliphatic rings. The molecule has 5 nitrogen and oxygen atoms in total. The van der Waals surface area contributed by atoms with Crippen LogP contribution in [0.3, 0.4) is 0 Å². The highest BCUT2D eigenvalue weighted by Crippen LogP contribution is 2.34. The van der Waals surface area contributed by atoms with Crippen molar-refractivity contribution in [2.45, 2.75) is 11.3 Å². The van der Waals surface area contributed by atoms with Gasteiger partial charge in [-0.05, 0) is 24.3 Å². The summed E-state index contributed by atoms with van der Waals surface area (Å²) in [5.74, 6) is -0.730. The molecular weight excluding hydrogens is 348 g/mol. The van der Waals surface area contributed by atoms with E-state index in [1.54, 1.807) is 48.5 Å². The molecule has 122 valence electrons. The van der Waals surface area contributed by atoms with E-state index in [1.807, 2.05) is 0 Å². The highest BCUT2D eigenvalue weighted by Gasteiger charge is 2.40. The second-order valence-electron chi connectivity index (χ2n) is 5.85. The van der Waals surface area contributed by atoms with Crippen molar-refractivity contribution in [2.75, 3.05) is 10.8 Å². The Labute approximate surface area is 144 Å². The first-order chi connectivity index (χ1) is 11.5. The van der Waals surface area contributed by atoms with Gasteiger partial charge in [-0.2, -0.15) is 5.10 Å². The van der Waals surface area contributed by atoms with Gasteiger partial charge in [0.2, 0.25) is 5.91 Å². The SMILES string of the molecule is O=C1CC2CS(=O)(=O)c3ccccc3C2=NN1c1cccc(Cl)c1. The van der Waals surface area contributed by atoms with Crippen molar-refractivity contribution in [3.05, 3.63) is 59.1 Å². The van der Waals surface area contributed by atoms with Crippen molar-refractivity contribution in [2.24, 2.45) is 11.0 Å². The number of anilines is 1. The molecule has 0 N–H and O–H groups in total. The maximum Gasteiger partial charge on any atom is 0.248 e. The Morgan fingerprint density at radius 2 is 1.92 bits per heavy atom. The molecule has 0 saturated heterocycles. The summed E-state index contributed by atoms with van der Waals surface area (Å²) in [6.07, 6.45) is 0.110. The molecule has 2 aliphatic heterocycles. The topological polar surface area (TPSA) is 66.8 Å². The zero-order valence-electron chi connectivity index (χ0n) is 12.5. The Hall–Kier alpha value is -2.18. The molecule has 0 aliphatic carbocycles. The lowest BCUT2D eigenvalue weighted by Crippen LogP contribution is -2.42. The Morgan fingerprint density at radius 3 is 2.71 bits per heavy atom. The van der Waals surface area contributed by atoms with Crippen molar-refractivity contribution in [1.29, 1.82) is 0 Å². The fourth-order valence-electron chi connectivity index (χ4n) is 3.16. The minimum Gasteiger partial charge on any atom is -0.273 e. The third-order valence-corrected chi connectivity index (χ3v) is 6.33. The quantitative estimate of drug-likeness (QED) is 0.785. The number of halogens is 1. The first-order valence-electron chi connectivity index (χ1n) is 7.45. The van der Waals surface area contributed by atoms with E-state index in [0.717, 1.165) is 0 Å². The molecule has 0 radical (unpaired) electrons. The van der Waals surface area contributed by atoms with E-state index in [2.05, 4.69) is 5.10 Å². The van der Waals surface area contributed by atoms with Crippen LogP contribution in [0.1, 0.15) is 12.0 Å². The molecule has 7 heteroatoms. The van der Waals surface area contributed by atoms with Crippen LogP contribution in [-0.4, -0.2) is 25.8 Å². The molecule has 0 aromatic heterocycles. The highest BCUT2D eigenvalue weighted by molar-refractivity contribution is 7.91. The van der Waals surface area contributed by atoms with E-state index < -0.39 is 15.8 Å². The average Bonchev–Trinajstić information content (AvgIpc) is 2.54. The van der Waals surface area contributed by atoms with Gasteiger partial charge in [-0.15, -0.1) is 0 Å². The van der Waals surface area contributed by atoms with Crippen molar-refractivity contribution < 1.29 is 13.2 Å². The standard InChI is InChI=1S/C17H13ClN2O3S/c18-12-4-3-5-13(9-12)20-16(21)8-11-10-24(22,23)15-7-2-1-6-14(15)17(11)19-20/h1-7,9,11H,8,10H2. The van der Waals surface area contributed by atoms with Gasteiger partial charge in [0, 0.05) is 22.9 Å². The zero-order valence-corrected chi connectivity index (χ0v) is 14.1. The summed E-state index contributed by atoms with van der Waals surface area (Å²) in [6.45, 7) is 0. The molecule has 0 fully saturated rings.